The number of fused-ring (bicyclic) bond motifs is 1. The molecule has 6 nitrogen and oxygen atoms in total. The molecule has 1 aromatic carbocycles. The SMILES string of the molecule is C1CCOCC1.NC(=O)c1nnc2ccc(Cl)cc2c1N. The molecular formula is C14H17ClN4O2. The summed E-state index contributed by atoms with van der Waals surface area (Å²) in [6.45, 7) is 2.00. The van der Waals surface area contributed by atoms with Crippen molar-refractivity contribution in [3.8, 4) is 0 Å². The van der Waals surface area contributed by atoms with Crippen molar-refractivity contribution in [2.24, 2.45) is 5.73 Å². The lowest BCUT2D eigenvalue weighted by molar-refractivity contribution is 0.0968. The monoisotopic (exact) mass is 308 g/mol. The number of hydrogen-bond donors (Lipinski definition) is 2. The molecular weight excluding hydrogens is 292 g/mol. The fourth-order valence-corrected chi connectivity index (χ4v) is 2.14. The minimum absolute atomic E-state index is 0.0373. The standard InChI is InChI=1S/C9H7ClN4O.C5H10O/c10-4-1-2-6-5(3-4)7(11)8(9(12)15)14-13-6;1-2-4-6-5-3-1/h1-3H,(H2,11,13)(H2,12,15);1-5H2. The predicted octanol–water partition coefficient (Wildman–Crippen LogP) is 2.15. The molecule has 0 unspecified atom stereocenters. The number of rotatable bonds is 1. The molecule has 0 bridgehead atoms. The van der Waals surface area contributed by atoms with Crippen LogP contribution < -0.4 is 11.5 Å². The number of hydrogen-bond acceptors (Lipinski definition) is 5. The Morgan fingerprint density at radius 2 is 1.90 bits per heavy atom. The summed E-state index contributed by atoms with van der Waals surface area (Å²) < 4.78 is 5.07. The van der Waals surface area contributed by atoms with Crippen LogP contribution in [0, 0.1) is 0 Å². The molecule has 112 valence electrons. The van der Waals surface area contributed by atoms with Gasteiger partial charge < -0.3 is 16.2 Å². The molecule has 0 saturated carbocycles. The number of primary amides is 1. The molecule has 1 aromatic heterocycles. The number of nitrogens with zero attached hydrogens (tertiary/aromatic N) is 2. The Labute approximate surface area is 127 Å². The predicted molar refractivity (Wildman–Crippen MR) is 82.1 cm³/mol. The fourth-order valence-electron chi connectivity index (χ4n) is 1.97. The van der Waals surface area contributed by atoms with E-state index in [4.69, 9.17) is 27.8 Å². The average Bonchev–Trinajstić information content (AvgIpc) is 2.50. The molecule has 1 aliphatic rings. The third-order valence-electron chi connectivity index (χ3n) is 3.07. The van der Waals surface area contributed by atoms with Gasteiger partial charge in [0.15, 0.2) is 5.69 Å². The Kier molecular flexibility index (Phi) is 5.30. The van der Waals surface area contributed by atoms with Crippen LogP contribution in [0.2, 0.25) is 5.02 Å². The van der Waals surface area contributed by atoms with Crippen LogP contribution in [0.15, 0.2) is 18.2 Å². The fraction of sp³-hybridized carbons (Fsp3) is 0.357. The Bertz CT molecular complexity index is 633. The van der Waals surface area contributed by atoms with E-state index in [-0.39, 0.29) is 11.4 Å². The number of nitrogen functional groups attached to an aromatic ring is 1. The Morgan fingerprint density at radius 1 is 1.19 bits per heavy atom. The van der Waals surface area contributed by atoms with E-state index in [0.29, 0.717) is 15.9 Å². The van der Waals surface area contributed by atoms with Crippen LogP contribution in [0.4, 0.5) is 5.69 Å². The number of halogens is 1. The molecule has 7 heteroatoms. The van der Waals surface area contributed by atoms with Crippen LogP contribution in [-0.4, -0.2) is 29.3 Å². The molecule has 2 aromatic rings. The first-order chi connectivity index (χ1) is 10.1. The summed E-state index contributed by atoms with van der Waals surface area (Å²) in [4.78, 5) is 11.0. The number of benzene rings is 1. The highest BCUT2D eigenvalue weighted by molar-refractivity contribution is 6.31. The maximum atomic E-state index is 11.0. The van der Waals surface area contributed by atoms with Gasteiger partial charge in [-0.2, -0.15) is 0 Å². The first-order valence-electron chi connectivity index (χ1n) is 6.68. The minimum Gasteiger partial charge on any atom is -0.396 e. The van der Waals surface area contributed by atoms with E-state index in [9.17, 15) is 4.79 Å². The largest absolute Gasteiger partial charge is 0.396 e. The first kappa shape index (κ1) is 15.5. The zero-order chi connectivity index (χ0) is 15.2. The molecule has 0 atom stereocenters. The summed E-state index contributed by atoms with van der Waals surface area (Å²) in [5.41, 5.74) is 11.6. The van der Waals surface area contributed by atoms with Gasteiger partial charge >= 0.3 is 0 Å². The highest BCUT2D eigenvalue weighted by Gasteiger charge is 2.12. The third-order valence-corrected chi connectivity index (χ3v) is 3.31. The number of nitrogens with two attached hydrogens (primary N) is 2. The van der Waals surface area contributed by atoms with Gasteiger partial charge in [0.1, 0.15) is 0 Å². The molecule has 1 aliphatic heterocycles. The van der Waals surface area contributed by atoms with Crippen molar-refractivity contribution in [3.63, 3.8) is 0 Å². The van der Waals surface area contributed by atoms with Gasteiger partial charge in [0.25, 0.3) is 5.91 Å². The maximum absolute atomic E-state index is 11.0. The van der Waals surface area contributed by atoms with E-state index in [1.54, 1.807) is 18.2 Å². The molecule has 21 heavy (non-hydrogen) atoms. The maximum Gasteiger partial charge on any atom is 0.271 e. The van der Waals surface area contributed by atoms with Crippen LogP contribution in [-0.2, 0) is 4.74 Å². The van der Waals surface area contributed by atoms with Crippen LogP contribution in [0.3, 0.4) is 0 Å². The Hall–Kier alpha value is -1.92. The quantitative estimate of drug-likeness (QED) is 0.840. The molecule has 3 rings (SSSR count). The number of carbonyl (C=O) groups is 1. The summed E-state index contributed by atoms with van der Waals surface area (Å²) in [6.07, 6.45) is 3.93. The van der Waals surface area contributed by atoms with Crippen LogP contribution in [0.5, 0.6) is 0 Å². The van der Waals surface area contributed by atoms with E-state index in [0.717, 1.165) is 13.2 Å². The van der Waals surface area contributed by atoms with Crippen LogP contribution in [0.1, 0.15) is 29.8 Å². The lowest BCUT2D eigenvalue weighted by Gasteiger charge is -2.08. The first-order valence-corrected chi connectivity index (χ1v) is 7.06. The Balaban J connectivity index is 0.000000225. The van der Waals surface area contributed by atoms with Crippen molar-refractivity contribution in [2.75, 3.05) is 18.9 Å². The van der Waals surface area contributed by atoms with Gasteiger partial charge in [-0.3, -0.25) is 4.79 Å². The van der Waals surface area contributed by atoms with Crippen molar-refractivity contribution in [1.82, 2.24) is 10.2 Å². The smallest absolute Gasteiger partial charge is 0.271 e. The lowest BCUT2D eigenvalue weighted by Crippen LogP contribution is -2.16. The number of ether oxygens (including phenoxy) is 1. The second-order valence-electron chi connectivity index (χ2n) is 4.66. The molecule has 1 fully saturated rings. The molecule has 2 heterocycles. The van der Waals surface area contributed by atoms with Gasteiger partial charge in [0, 0.05) is 23.6 Å². The van der Waals surface area contributed by atoms with Gasteiger partial charge in [0.05, 0.1) is 11.2 Å². The van der Waals surface area contributed by atoms with Crippen LogP contribution in [0.25, 0.3) is 10.9 Å². The summed E-state index contributed by atoms with van der Waals surface area (Å²) in [7, 11) is 0. The lowest BCUT2D eigenvalue weighted by atomic mass is 10.1. The van der Waals surface area contributed by atoms with E-state index < -0.39 is 5.91 Å². The molecule has 0 spiro atoms. The summed E-state index contributed by atoms with van der Waals surface area (Å²) >= 11 is 5.80. The minimum atomic E-state index is -0.707. The molecule has 1 saturated heterocycles. The summed E-state index contributed by atoms with van der Waals surface area (Å²) in [5, 5.41) is 8.54. The van der Waals surface area contributed by atoms with Crippen molar-refractivity contribution in [1.29, 1.82) is 0 Å². The van der Waals surface area contributed by atoms with E-state index >= 15 is 0 Å². The van der Waals surface area contributed by atoms with Crippen molar-refractivity contribution in [2.45, 2.75) is 19.3 Å². The van der Waals surface area contributed by atoms with Gasteiger partial charge in [-0.1, -0.05) is 11.6 Å². The number of amides is 1. The third kappa shape index (κ3) is 4.03. The average molecular weight is 309 g/mol. The summed E-state index contributed by atoms with van der Waals surface area (Å²) in [5.74, 6) is -0.707. The van der Waals surface area contributed by atoms with Gasteiger partial charge in [-0.05, 0) is 37.5 Å². The van der Waals surface area contributed by atoms with Gasteiger partial charge in [-0.15, -0.1) is 10.2 Å². The number of aromatic nitrogens is 2. The van der Waals surface area contributed by atoms with Crippen molar-refractivity contribution in [3.05, 3.63) is 28.9 Å². The number of anilines is 1. The Morgan fingerprint density at radius 3 is 2.43 bits per heavy atom. The van der Waals surface area contributed by atoms with E-state index in [1.807, 2.05) is 0 Å². The highest BCUT2D eigenvalue weighted by Crippen LogP contribution is 2.24. The number of carbonyl (C=O) groups excluding carboxylic acids is 1. The second-order valence-corrected chi connectivity index (χ2v) is 5.10. The highest BCUT2D eigenvalue weighted by atomic mass is 35.5. The van der Waals surface area contributed by atoms with Gasteiger partial charge in [-0.25, -0.2) is 0 Å². The molecule has 0 aliphatic carbocycles. The van der Waals surface area contributed by atoms with Gasteiger partial charge in [0.2, 0.25) is 0 Å². The van der Waals surface area contributed by atoms with E-state index in [1.165, 1.54) is 19.3 Å². The molecule has 0 radical (unpaired) electrons. The van der Waals surface area contributed by atoms with Crippen molar-refractivity contribution < 1.29 is 9.53 Å². The second kappa shape index (κ2) is 7.19. The van der Waals surface area contributed by atoms with Crippen LogP contribution >= 0.6 is 11.6 Å². The zero-order valence-corrected chi connectivity index (χ0v) is 12.3. The van der Waals surface area contributed by atoms with Crippen molar-refractivity contribution >= 4 is 34.1 Å². The molecule has 1 amide bonds. The van der Waals surface area contributed by atoms with E-state index in [2.05, 4.69) is 10.2 Å². The molecule has 4 N–H and O–H groups in total. The topological polar surface area (TPSA) is 104 Å². The normalized spacial score (nSPS) is 14.3. The zero-order valence-electron chi connectivity index (χ0n) is 11.5. The summed E-state index contributed by atoms with van der Waals surface area (Å²) in [6, 6.07) is 4.96.